The van der Waals surface area contributed by atoms with Crippen LogP contribution in [0.5, 0.6) is 0 Å². The van der Waals surface area contributed by atoms with Gasteiger partial charge in [-0.05, 0) is 69.0 Å². The maximum absolute atomic E-state index is 13.4. The zero-order chi connectivity index (χ0) is 21.6. The number of benzene rings is 1. The standard InChI is InChI=1S/C26H29FN2O2/c1-4-7-23-24(8-5-2)31-26(30-23)14-6-9-19-15-22-18(16-25(19,26)3)17-28-29(22)21-12-10-20(27)11-13-21/h4-5,7-8,10-13,15,17,23-24H,6,9,14,16H2,1-3H3/t23-,24-,25+,26?/m1/s1. The topological polar surface area (TPSA) is 36.3 Å². The molecule has 0 unspecified atom stereocenters. The Bertz CT molecular complexity index is 1050. The number of fused-ring (bicyclic) bond motifs is 3. The molecule has 2 aliphatic carbocycles. The number of ether oxygens (including phenoxy) is 2. The normalized spacial score (nSPS) is 32.6. The number of allylic oxidation sites excluding steroid dienone is 2. The Morgan fingerprint density at radius 1 is 1.10 bits per heavy atom. The fourth-order valence-electron chi connectivity index (χ4n) is 5.46. The van der Waals surface area contributed by atoms with Crippen molar-refractivity contribution >= 4 is 6.08 Å². The van der Waals surface area contributed by atoms with Gasteiger partial charge in [-0.2, -0.15) is 5.10 Å². The minimum absolute atomic E-state index is 0.0827. The van der Waals surface area contributed by atoms with Crippen LogP contribution in [0.1, 0.15) is 51.3 Å². The zero-order valence-corrected chi connectivity index (χ0v) is 18.3. The summed E-state index contributed by atoms with van der Waals surface area (Å²) in [6, 6.07) is 6.48. The summed E-state index contributed by atoms with van der Waals surface area (Å²) in [4.78, 5) is 0. The van der Waals surface area contributed by atoms with Crippen LogP contribution in [0.3, 0.4) is 0 Å². The first-order valence-corrected chi connectivity index (χ1v) is 11.1. The molecule has 1 saturated heterocycles. The maximum Gasteiger partial charge on any atom is 0.179 e. The molecule has 1 spiro atoms. The highest BCUT2D eigenvalue weighted by Gasteiger charge is 2.61. The second-order valence-corrected chi connectivity index (χ2v) is 8.94. The van der Waals surface area contributed by atoms with Gasteiger partial charge in [0.15, 0.2) is 5.79 Å². The lowest BCUT2D eigenvalue weighted by Crippen LogP contribution is -2.53. The zero-order valence-electron chi connectivity index (χ0n) is 18.3. The summed E-state index contributed by atoms with van der Waals surface area (Å²) < 4.78 is 28.7. The monoisotopic (exact) mass is 420 g/mol. The van der Waals surface area contributed by atoms with Crippen molar-refractivity contribution in [2.24, 2.45) is 5.41 Å². The highest BCUT2D eigenvalue weighted by molar-refractivity contribution is 5.62. The Morgan fingerprint density at radius 2 is 1.77 bits per heavy atom. The van der Waals surface area contributed by atoms with E-state index in [1.807, 2.05) is 36.9 Å². The summed E-state index contributed by atoms with van der Waals surface area (Å²) >= 11 is 0. The van der Waals surface area contributed by atoms with Crippen molar-refractivity contribution in [3.05, 3.63) is 77.4 Å². The first-order chi connectivity index (χ1) is 15.0. The lowest BCUT2D eigenvalue weighted by molar-refractivity contribution is -0.243. The molecule has 5 rings (SSSR count). The van der Waals surface area contributed by atoms with Crippen molar-refractivity contribution in [3.8, 4) is 5.69 Å². The van der Waals surface area contributed by atoms with Gasteiger partial charge in [0.1, 0.15) is 18.0 Å². The van der Waals surface area contributed by atoms with Gasteiger partial charge < -0.3 is 9.47 Å². The molecule has 1 aromatic heterocycles. The van der Waals surface area contributed by atoms with Crippen molar-refractivity contribution in [1.29, 1.82) is 0 Å². The van der Waals surface area contributed by atoms with Gasteiger partial charge in [0.05, 0.1) is 17.6 Å². The van der Waals surface area contributed by atoms with Gasteiger partial charge in [-0.25, -0.2) is 9.07 Å². The molecule has 1 aliphatic heterocycles. The van der Waals surface area contributed by atoms with Crippen LogP contribution in [0.2, 0.25) is 0 Å². The lowest BCUT2D eigenvalue weighted by atomic mass is 9.62. The van der Waals surface area contributed by atoms with E-state index in [0.29, 0.717) is 0 Å². The van der Waals surface area contributed by atoms with E-state index in [0.717, 1.165) is 37.1 Å². The van der Waals surface area contributed by atoms with E-state index in [9.17, 15) is 4.39 Å². The van der Waals surface area contributed by atoms with Crippen molar-refractivity contribution in [2.45, 2.75) is 64.4 Å². The smallest absolute Gasteiger partial charge is 0.179 e. The predicted octanol–water partition coefficient (Wildman–Crippen LogP) is 5.77. The second-order valence-electron chi connectivity index (χ2n) is 8.94. The third-order valence-electron chi connectivity index (χ3n) is 7.05. The third kappa shape index (κ3) is 3.14. The fraction of sp³-hybridized carbons (Fsp3) is 0.423. The Balaban J connectivity index is 1.55. The van der Waals surface area contributed by atoms with Crippen LogP contribution in [0.25, 0.3) is 11.8 Å². The van der Waals surface area contributed by atoms with Gasteiger partial charge in [-0.1, -0.05) is 36.8 Å². The summed E-state index contributed by atoms with van der Waals surface area (Å²) in [6.07, 6.45) is 16.0. The molecule has 2 heterocycles. The number of hydrogen-bond acceptors (Lipinski definition) is 3. The molecule has 0 radical (unpaired) electrons. The average Bonchev–Trinajstić information content (AvgIpc) is 3.31. The van der Waals surface area contributed by atoms with E-state index in [1.54, 1.807) is 12.1 Å². The van der Waals surface area contributed by atoms with Gasteiger partial charge in [0.2, 0.25) is 0 Å². The van der Waals surface area contributed by atoms with Crippen LogP contribution in [-0.2, 0) is 15.9 Å². The minimum Gasteiger partial charge on any atom is -0.339 e. The minimum atomic E-state index is -0.652. The average molecular weight is 421 g/mol. The molecule has 162 valence electrons. The molecule has 0 N–H and O–H groups in total. The Kier molecular flexibility index (Phi) is 4.98. The van der Waals surface area contributed by atoms with Crippen molar-refractivity contribution in [3.63, 3.8) is 0 Å². The summed E-state index contributed by atoms with van der Waals surface area (Å²) in [7, 11) is 0. The largest absolute Gasteiger partial charge is 0.339 e. The van der Waals surface area contributed by atoms with Gasteiger partial charge in [0.25, 0.3) is 0 Å². The molecule has 5 heteroatoms. The van der Waals surface area contributed by atoms with E-state index in [2.05, 4.69) is 30.3 Å². The van der Waals surface area contributed by atoms with Gasteiger partial charge in [-0.3, -0.25) is 0 Å². The van der Waals surface area contributed by atoms with Crippen LogP contribution in [-0.4, -0.2) is 27.8 Å². The van der Waals surface area contributed by atoms with Crippen LogP contribution >= 0.6 is 0 Å². The lowest BCUT2D eigenvalue weighted by Gasteiger charge is -2.51. The summed E-state index contributed by atoms with van der Waals surface area (Å²) in [5, 5.41) is 4.64. The van der Waals surface area contributed by atoms with Crippen molar-refractivity contribution < 1.29 is 13.9 Å². The Labute approximate surface area is 183 Å². The molecule has 31 heavy (non-hydrogen) atoms. The van der Waals surface area contributed by atoms with Crippen molar-refractivity contribution in [1.82, 2.24) is 9.78 Å². The van der Waals surface area contributed by atoms with Gasteiger partial charge in [-0.15, -0.1) is 0 Å². The molecule has 3 atom stereocenters. The molecule has 0 amide bonds. The van der Waals surface area contributed by atoms with E-state index in [1.165, 1.54) is 23.3 Å². The molecule has 2 aromatic rings. The van der Waals surface area contributed by atoms with E-state index in [-0.39, 0.29) is 23.4 Å². The van der Waals surface area contributed by atoms with Crippen molar-refractivity contribution in [2.75, 3.05) is 0 Å². The summed E-state index contributed by atoms with van der Waals surface area (Å²) in [5.41, 5.74) is 4.19. The predicted molar refractivity (Wildman–Crippen MR) is 119 cm³/mol. The van der Waals surface area contributed by atoms with Gasteiger partial charge >= 0.3 is 0 Å². The molecular formula is C26H29FN2O2. The Morgan fingerprint density at radius 3 is 2.42 bits per heavy atom. The number of halogens is 1. The Hall–Kier alpha value is -2.50. The van der Waals surface area contributed by atoms with Gasteiger partial charge in [0, 0.05) is 11.8 Å². The van der Waals surface area contributed by atoms with Crippen LogP contribution in [0.4, 0.5) is 4.39 Å². The highest BCUT2D eigenvalue weighted by atomic mass is 19.1. The number of aromatic nitrogens is 2. The molecule has 2 fully saturated rings. The highest BCUT2D eigenvalue weighted by Crippen LogP contribution is 2.58. The fourth-order valence-corrected chi connectivity index (χ4v) is 5.46. The summed E-state index contributed by atoms with van der Waals surface area (Å²) in [5.74, 6) is -0.895. The SMILES string of the molecule is CC=C[C@H]1OC2(CCCC3=Cc4c(cnn4-c4ccc(F)cc4)C[C@@]32C)O[C@@H]1C=CC. The second kappa shape index (κ2) is 7.57. The molecule has 4 nitrogen and oxygen atoms in total. The number of nitrogens with zero attached hydrogens (tertiary/aromatic N) is 2. The third-order valence-corrected chi connectivity index (χ3v) is 7.05. The number of hydrogen-bond donors (Lipinski definition) is 0. The first kappa shape index (κ1) is 20.4. The van der Waals surface area contributed by atoms with Crippen LogP contribution < -0.4 is 0 Å². The molecule has 3 aliphatic rings. The van der Waals surface area contributed by atoms with Crippen LogP contribution in [0, 0.1) is 11.2 Å². The molecule has 0 bridgehead atoms. The number of rotatable bonds is 3. The van der Waals surface area contributed by atoms with Crippen LogP contribution in [0.15, 0.2) is 60.3 Å². The first-order valence-electron chi connectivity index (χ1n) is 11.1. The quantitative estimate of drug-likeness (QED) is 0.591. The molecule has 1 aromatic carbocycles. The maximum atomic E-state index is 13.4. The van der Waals surface area contributed by atoms with E-state index in [4.69, 9.17) is 9.47 Å². The summed E-state index contributed by atoms with van der Waals surface area (Å²) in [6.45, 7) is 6.32. The van der Waals surface area contributed by atoms with E-state index >= 15 is 0 Å². The van der Waals surface area contributed by atoms with E-state index < -0.39 is 5.79 Å². The molecular weight excluding hydrogens is 391 g/mol. The molecule has 1 saturated carbocycles.